The van der Waals surface area contributed by atoms with Gasteiger partial charge in [0.25, 0.3) is 5.91 Å². The normalized spacial score (nSPS) is 13.0. The number of rotatable bonds is 2. The lowest BCUT2D eigenvalue weighted by Gasteiger charge is -2.10. The third-order valence-electron chi connectivity index (χ3n) is 4.17. The first-order chi connectivity index (χ1) is 11.7. The Bertz CT molecular complexity index is 964. The topological polar surface area (TPSA) is 62.1 Å². The molecule has 1 aliphatic rings. The lowest BCUT2D eigenvalue weighted by molar-refractivity contribution is 0.0946. The third kappa shape index (κ3) is 2.44. The Morgan fingerprint density at radius 2 is 1.92 bits per heavy atom. The van der Waals surface area contributed by atoms with Crippen molar-refractivity contribution in [1.82, 2.24) is 15.3 Å². The Balaban J connectivity index is 1.72. The smallest absolute Gasteiger partial charge is 0.253 e. The first kappa shape index (κ1) is 14.2. The lowest BCUT2D eigenvalue weighted by atomic mass is 10.1. The van der Waals surface area contributed by atoms with Crippen LogP contribution in [0.3, 0.4) is 0 Å². The van der Waals surface area contributed by atoms with Crippen LogP contribution >= 0.6 is 0 Å². The van der Waals surface area contributed by atoms with Gasteiger partial charge in [-0.3, -0.25) is 9.78 Å². The van der Waals surface area contributed by atoms with Crippen molar-refractivity contribution in [3.05, 3.63) is 71.3 Å². The molecule has 5 heteroatoms. The summed E-state index contributed by atoms with van der Waals surface area (Å²) in [6, 6.07) is 13.2. The summed E-state index contributed by atoms with van der Waals surface area (Å²) in [6.45, 7) is 7.69. The van der Waals surface area contributed by atoms with Gasteiger partial charge < -0.3 is 10.3 Å². The summed E-state index contributed by atoms with van der Waals surface area (Å²) in [5.74, 6) is -0.0252. The minimum absolute atomic E-state index is 0.0252. The zero-order chi connectivity index (χ0) is 16.5. The zero-order valence-electron chi connectivity index (χ0n) is 12.8. The maximum absolute atomic E-state index is 11.9. The minimum Gasteiger partial charge on any atom is -0.358 e. The van der Waals surface area contributed by atoms with Gasteiger partial charge in [0.2, 0.25) is 0 Å². The molecule has 0 spiro atoms. The second-order valence-corrected chi connectivity index (χ2v) is 5.67. The summed E-state index contributed by atoms with van der Waals surface area (Å²) in [7, 11) is 0. The third-order valence-corrected chi connectivity index (χ3v) is 4.17. The standard InChI is InChI=1S/C19H14N4O/c1-20-14-4-2-12(3-5-14)17-10-13(6-8-21-17)18-11-15-16(23-18)7-9-22-19(15)24/h2-6,8,10-11,23H,7,9H2,(H,22,24). The van der Waals surface area contributed by atoms with Gasteiger partial charge in [0.15, 0.2) is 5.69 Å². The molecule has 0 radical (unpaired) electrons. The van der Waals surface area contributed by atoms with E-state index in [4.69, 9.17) is 6.57 Å². The molecule has 1 amide bonds. The van der Waals surface area contributed by atoms with Gasteiger partial charge in [0.1, 0.15) is 0 Å². The zero-order valence-corrected chi connectivity index (χ0v) is 12.8. The highest BCUT2D eigenvalue weighted by Gasteiger charge is 2.20. The van der Waals surface area contributed by atoms with E-state index in [1.165, 1.54) is 0 Å². The van der Waals surface area contributed by atoms with Gasteiger partial charge in [-0.25, -0.2) is 4.85 Å². The number of fused-ring (bicyclic) bond motifs is 1. The molecular weight excluding hydrogens is 300 g/mol. The summed E-state index contributed by atoms with van der Waals surface area (Å²) in [5.41, 5.74) is 6.00. The average molecular weight is 314 g/mol. The molecule has 0 atom stereocenters. The number of H-pyrrole nitrogens is 1. The van der Waals surface area contributed by atoms with Crippen molar-refractivity contribution >= 4 is 11.6 Å². The number of pyridine rings is 1. The maximum atomic E-state index is 11.9. The Kier molecular flexibility index (Phi) is 3.36. The van der Waals surface area contributed by atoms with E-state index >= 15 is 0 Å². The molecule has 4 rings (SSSR count). The number of carbonyl (C=O) groups is 1. The van der Waals surface area contributed by atoms with Crippen molar-refractivity contribution in [3.8, 4) is 22.5 Å². The van der Waals surface area contributed by atoms with Crippen molar-refractivity contribution in [3.63, 3.8) is 0 Å². The van der Waals surface area contributed by atoms with Crippen LogP contribution in [0.25, 0.3) is 27.4 Å². The van der Waals surface area contributed by atoms with Crippen molar-refractivity contribution in [2.24, 2.45) is 0 Å². The molecule has 116 valence electrons. The van der Waals surface area contributed by atoms with E-state index < -0.39 is 0 Å². The molecule has 0 saturated carbocycles. The predicted octanol–water partition coefficient (Wildman–Crippen LogP) is 3.58. The van der Waals surface area contributed by atoms with Gasteiger partial charge in [-0.2, -0.15) is 0 Å². The number of hydrogen-bond acceptors (Lipinski definition) is 2. The van der Waals surface area contributed by atoms with Crippen LogP contribution in [0.15, 0.2) is 48.7 Å². The van der Waals surface area contributed by atoms with Crippen LogP contribution in [-0.4, -0.2) is 22.4 Å². The van der Waals surface area contributed by atoms with Gasteiger partial charge >= 0.3 is 0 Å². The van der Waals surface area contributed by atoms with E-state index in [1.54, 1.807) is 18.3 Å². The second kappa shape index (κ2) is 5.67. The number of amides is 1. The van der Waals surface area contributed by atoms with Gasteiger partial charge in [-0.15, -0.1) is 0 Å². The number of nitrogens with one attached hydrogen (secondary N) is 2. The molecule has 1 aliphatic heterocycles. The van der Waals surface area contributed by atoms with Crippen LogP contribution in [0.4, 0.5) is 5.69 Å². The van der Waals surface area contributed by atoms with Crippen LogP contribution in [0.2, 0.25) is 0 Å². The molecular formula is C19H14N4O. The first-order valence-corrected chi connectivity index (χ1v) is 7.69. The summed E-state index contributed by atoms with van der Waals surface area (Å²) in [6.07, 6.45) is 2.57. The first-order valence-electron chi connectivity index (χ1n) is 7.69. The van der Waals surface area contributed by atoms with Crippen LogP contribution < -0.4 is 5.32 Å². The molecule has 3 heterocycles. The number of aromatic amines is 1. The van der Waals surface area contributed by atoms with Crippen molar-refractivity contribution in [1.29, 1.82) is 0 Å². The summed E-state index contributed by atoms with van der Waals surface area (Å²) in [4.78, 5) is 23.1. The van der Waals surface area contributed by atoms with Crippen LogP contribution in [-0.2, 0) is 6.42 Å². The highest BCUT2D eigenvalue weighted by Crippen LogP contribution is 2.27. The Morgan fingerprint density at radius 3 is 2.67 bits per heavy atom. The average Bonchev–Trinajstić information content (AvgIpc) is 3.08. The SMILES string of the molecule is [C-]#[N+]c1ccc(-c2cc(-c3cc4c([nH]3)CCNC4=O)ccn2)cc1. The minimum atomic E-state index is -0.0252. The fraction of sp³-hybridized carbons (Fsp3) is 0.105. The van der Waals surface area contributed by atoms with Crippen LogP contribution in [0, 0.1) is 6.57 Å². The van der Waals surface area contributed by atoms with Crippen molar-refractivity contribution < 1.29 is 4.79 Å². The quantitative estimate of drug-likeness (QED) is 0.710. The largest absolute Gasteiger partial charge is 0.358 e. The molecule has 0 bridgehead atoms. The van der Waals surface area contributed by atoms with E-state index in [1.807, 2.05) is 30.3 Å². The predicted molar refractivity (Wildman–Crippen MR) is 91.8 cm³/mol. The Labute approximate surface area is 139 Å². The van der Waals surface area contributed by atoms with E-state index in [0.717, 1.165) is 40.2 Å². The van der Waals surface area contributed by atoms with Gasteiger partial charge in [-0.1, -0.05) is 24.3 Å². The molecule has 1 aromatic carbocycles. The Morgan fingerprint density at radius 1 is 1.08 bits per heavy atom. The van der Waals surface area contributed by atoms with Crippen molar-refractivity contribution in [2.75, 3.05) is 6.54 Å². The highest BCUT2D eigenvalue weighted by atomic mass is 16.1. The molecule has 0 fully saturated rings. The van der Waals surface area contributed by atoms with E-state index in [-0.39, 0.29) is 5.91 Å². The summed E-state index contributed by atoms with van der Waals surface area (Å²) < 4.78 is 0. The molecule has 3 aromatic rings. The van der Waals surface area contributed by atoms with E-state index in [0.29, 0.717) is 12.2 Å². The van der Waals surface area contributed by atoms with E-state index in [9.17, 15) is 4.79 Å². The number of carbonyl (C=O) groups excluding carboxylic acids is 1. The maximum Gasteiger partial charge on any atom is 0.253 e. The number of benzene rings is 1. The molecule has 5 nitrogen and oxygen atoms in total. The lowest BCUT2D eigenvalue weighted by Crippen LogP contribution is -2.31. The Hall–Kier alpha value is -3.39. The number of nitrogens with zero attached hydrogens (tertiary/aromatic N) is 2. The monoisotopic (exact) mass is 314 g/mol. The number of aromatic nitrogens is 2. The van der Waals surface area contributed by atoms with Crippen molar-refractivity contribution in [2.45, 2.75) is 6.42 Å². The van der Waals surface area contributed by atoms with E-state index in [2.05, 4.69) is 20.1 Å². The van der Waals surface area contributed by atoms with Crippen LogP contribution in [0.1, 0.15) is 16.1 Å². The fourth-order valence-electron chi connectivity index (χ4n) is 2.91. The fourth-order valence-corrected chi connectivity index (χ4v) is 2.91. The summed E-state index contributed by atoms with van der Waals surface area (Å²) in [5, 5.41) is 2.86. The summed E-state index contributed by atoms with van der Waals surface area (Å²) >= 11 is 0. The second-order valence-electron chi connectivity index (χ2n) is 5.67. The highest BCUT2D eigenvalue weighted by molar-refractivity contribution is 5.97. The molecule has 0 aliphatic carbocycles. The molecule has 0 unspecified atom stereocenters. The number of hydrogen-bond donors (Lipinski definition) is 2. The molecule has 24 heavy (non-hydrogen) atoms. The molecule has 0 saturated heterocycles. The molecule has 2 aromatic heterocycles. The van der Waals surface area contributed by atoms with Crippen LogP contribution in [0.5, 0.6) is 0 Å². The molecule has 2 N–H and O–H groups in total. The van der Waals surface area contributed by atoms with Gasteiger partial charge in [-0.05, 0) is 23.8 Å². The van der Waals surface area contributed by atoms with Gasteiger partial charge in [0.05, 0.1) is 17.8 Å². The van der Waals surface area contributed by atoms with Gasteiger partial charge in [0, 0.05) is 36.1 Å².